The van der Waals surface area contributed by atoms with Gasteiger partial charge >= 0.3 is 6.09 Å². The van der Waals surface area contributed by atoms with Crippen LogP contribution in [0.3, 0.4) is 0 Å². The number of hydrogen-bond donors (Lipinski definition) is 2. The first-order chi connectivity index (χ1) is 14.7. The minimum Gasteiger partial charge on any atom is -0.444 e. The molecule has 0 saturated carbocycles. The lowest BCUT2D eigenvalue weighted by Gasteiger charge is -2.39. The smallest absolute Gasteiger partial charge is 0.407 e. The van der Waals surface area contributed by atoms with Gasteiger partial charge < -0.3 is 29.9 Å². The maximum atomic E-state index is 11.6. The van der Waals surface area contributed by atoms with Crippen molar-refractivity contribution in [1.82, 2.24) is 25.3 Å². The molecule has 0 aromatic rings. The highest BCUT2D eigenvalue weighted by Crippen LogP contribution is 2.14. The number of carbonyl (C=O) groups excluding carboxylic acids is 1. The highest BCUT2D eigenvalue weighted by molar-refractivity contribution is 5.80. The normalized spacial score (nSPS) is 22.5. The zero-order chi connectivity index (χ0) is 22.9. The molecule has 0 aromatic heterocycles. The Labute approximate surface area is 188 Å². The second-order valence-corrected chi connectivity index (χ2v) is 9.66. The van der Waals surface area contributed by atoms with E-state index in [4.69, 9.17) is 9.47 Å². The van der Waals surface area contributed by atoms with E-state index in [9.17, 15) is 4.79 Å². The molecule has 9 heteroatoms. The maximum absolute atomic E-state index is 11.6. The Morgan fingerprint density at radius 1 is 1.10 bits per heavy atom. The van der Waals surface area contributed by atoms with Crippen LogP contribution in [0.2, 0.25) is 0 Å². The fourth-order valence-corrected chi connectivity index (χ4v) is 3.92. The van der Waals surface area contributed by atoms with Crippen molar-refractivity contribution in [3.63, 3.8) is 0 Å². The predicted octanol–water partition coefficient (Wildman–Crippen LogP) is 1.20. The van der Waals surface area contributed by atoms with Gasteiger partial charge in [0.15, 0.2) is 5.96 Å². The zero-order valence-corrected chi connectivity index (χ0v) is 20.4. The third kappa shape index (κ3) is 9.62. The number of amides is 1. The van der Waals surface area contributed by atoms with Crippen LogP contribution in [0.25, 0.3) is 0 Å². The van der Waals surface area contributed by atoms with Crippen molar-refractivity contribution < 1.29 is 14.3 Å². The Bertz CT molecular complexity index is 572. The molecule has 2 heterocycles. The van der Waals surface area contributed by atoms with Gasteiger partial charge in [-0.15, -0.1) is 0 Å². The molecule has 9 nitrogen and oxygen atoms in total. The largest absolute Gasteiger partial charge is 0.444 e. The van der Waals surface area contributed by atoms with E-state index in [1.54, 1.807) is 0 Å². The Hall–Kier alpha value is -1.58. The number of ether oxygens (including phenoxy) is 2. The first kappa shape index (κ1) is 25.7. The number of hydrogen-bond acceptors (Lipinski definition) is 6. The van der Waals surface area contributed by atoms with E-state index in [2.05, 4.69) is 44.4 Å². The van der Waals surface area contributed by atoms with Crippen LogP contribution in [0.4, 0.5) is 4.79 Å². The van der Waals surface area contributed by atoms with Gasteiger partial charge in [-0.25, -0.2) is 4.79 Å². The van der Waals surface area contributed by atoms with Crippen molar-refractivity contribution in [2.75, 3.05) is 73.6 Å². The molecule has 180 valence electrons. The second-order valence-electron chi connectivity index (χ2n) is 9.66. The fraction of sp³-hybridized carbons (Fsp3) is 0.909. The molecule has 1 atom stereocenters. The van der Waals surface area contributed by atoms with Gasteiger partial charge in [0.2, 0.25) is 0 Å². The first-order valence-electron chi connectivity index (χ1n) is 11.6. The lowest BCUT2D eigenvalue weighted by atomic mass is 10.1. The molecule has 1 amide bonds. The van der Waals surface area contributed by atoms with Crippen LogP contribution < -0.4 is 10.6 Å². The van der Waals surface area contributed by atoms with Gasteiger partial charge in [0.05, 0.1) is 6.10 Å². The van der Waals surface area contributed by atoms with Crippen molar-refractivity contribution in [2.24, 2.45) is 4.99 Å². The summed E-state index contributed by atoms with van der Waals surface area (Å²) in [5, 5.41) is 6.35. The van der Waals surface area contributed by atoms with Crippen LogP contribution in [0, 0.1) is 0 Å². The maximum Gasteiger partial charge on any atom is 0.407 e. The molecule has 2 aliphatic rings. The molecule has 1 unspecified atom stereocenters. The van der Waals surface area contributed by atoms with Crippen molar-refractivity contribution in [3.8, 4) is 0 Å². The molecule has 0 radical (unpaired) electrons. The van der Waals surface area contributed by atoms with Gasteiger partial charge in [0, 0.05) is 65.5 Å². The van der Waals surface area contributed by atoms with Crippen LogP contribution >= 0.6 is 0 Å². The van der Waals surface area contributed by atoms with E-state index < -0.39 is 5.60 Å². The van der Waals surface area contributed by atoms with Crippen LogP contribution in [0.1, 0.15) is 40.0 Å². The van der Waals surface area contributed by atoms with Crippen LogP contribution in [0.15, 0.2) is 4.99 Å². The van der Waals surface area contributed by atoms with Gasteiger partial charge in [0.25, 0.3) is 0 Å². The lowest BCUT2D eigenvalue weighted by molar-refractivity contribution is 0.0169. The highest BCUT2D eigenvalue weighted by Gasteiger charge is 2.25. The minimum absolute atomic E-state index is 0.272. The van der Waals surface area contributed by atoms with E-state index in [0.29, 0.717) is 19.2 Å². The molecule has 31 heavy (non-hydrogen) atoms. The average Bonchev–Trinajstić information content (AvgIpc) is 2.70. The van der Waals surface area contributed by atoms with Crippen molar-refractivity contribution in [2.45, 2.75) is 57.8 Å². The topological polar surface area (TPSA) is 81.7 Å². The monoisotopic (exact) mass is 440 g/mol. The Kier molecular flexibility index (Phi) is 10.3. The number of piperidine rings is 1. The summed E-state index contributed by atoms with van der Waals surface area (Å²) < 4.78 is 11.2. The summed E-state index contributed by atoms with van der Waals surface area (Å²) in [5.41, 5.74) is -0.466. The number of nitrogens with one attached hydrogen (secondary N) is 2. The molecular weight excluding hydrogens is 396 g/mol. The van der Waals surface area contributed by atoms with E-state index in [-0.39, 0.29) is 12.2 Å². The number of likely N-dealkylation sites (tertiary alicyclic amines) is 1. The first-order valence-corrected chi connectivity index (χ1v) is 11.6. The summed E-state index contributed by atoms with van der Waals surface area (Å²) in [6, 6.07) is 0.505. The quantitative estimate of drug-likeness (QED) is 0.350. The number of likely N-dealkylation sites (N-methyl/N-ethyl adjacent to an activating group) is 2. The summed E-state index contributed by atoms with van der Waals surface area (Å²) in [5.74, 6) is 0.988. The standard InChI is InChI=1S/C22H44N6O3/c1-22(2,3)31-21(29)24-10-7-15-30-19-8-11-28(12-9-19)20(23-4)25-16-18-17-26(5)13-14-27(18)6/h18-19H,7-17H2,1-6H3,(H,23,25)(H,24,29). The van der Waals surface area contributed by atoms with E-state index >= 15 is 0 Å². The summed E-state index contributed by atoms with van der Waals surface area (Å²) in [6.07, 6.45) is 2.67. The van der Waals surface area contributed by atoms with E-state index in [1.165, 1.54) is 0 Å². The highest BCUT2D eigenvalue weighted by atomic mass is 16.6. The van der Waals surface area contributed by atoms with Gasteiger partial charge in [-0.2, -0.15) is 0 Å². The van der Waals surface area contributed by atoms with Crippen LogP contribution in [-0.2, 0) is 9.47 Å². The number of guanidine groups is 1. The van der Waals surface area contributed by atoms with E-state index in [0.717, 1.165) is 64.5 Å². The molecule has 0 spiro atoms. The van der Waals surface area contributed by atoms with Crippen molar-refractivity contribution in [1.29, 1.82) is 0 Å². The summed E-state index contributed by atoms with van der Waals surface area (Å²) in [7, 11) is 6.25. The number of piperazine rings is 1. The number of alkyl carbamates (subject to hydrolysis) is 1. The molecule has 0 aromatic carbocycles. The van der Waals surface area contributed by atoms with E-state index in [1.807, 2.05) is 27.8 Å². The number of carbonyl (C=O) groups is 1. The van der Waals surface area contributed by atoms with Gasteiger partial charge in [0.1, 0.15) is 5.60 Å². The summed E-state index contributed by atoms with van der Waals surface area (Å²) in [4.78, 5) is 23.3. The fourth-order valence-electron chi connectivity index (χ4n) is 3.92. The van der Waals surface area contributed by atoms with Crippen molar-refractivity contribution in [3.05, 3.63) is 0 Å². The molecule has 2 aliphatic heterocycles. The van der Waals surface area contributed by atoms with Gasteiger partial charge in [-0.3, -0.25) is 9.89 Å². The van der Waals surface area contributed by atoms with Crippen molar-refractivity contribution >= 4 is 12.1 Å². The molecule has 2 fully saturated rings. The molecule has 2 rings (SSSR count). The number of rotatable bonds is 7. The predicted molar refractivity (Wildman–Crippen MR) is 125 cm³/mol. The molecule has 0 aliphatic carbocycles. The zero-order valence-electron chi connectivity index (χ0n) is 20.4. The second kappa shape index (κ2) is 12.5. The van der Waals surface area contributed by atoms with Crippen LogP contribution in [-0.4, -0.2) is 118 Å². The Morgan fingerprint density at radius 3 is 2.45 bits per heavy atom. The minimum atomic E-state index is -0.466. The third-order valence-electron chi connectivity index (χ3n) is 5.77. The molecule has 0 bridgehead atoms. The van der Waals surface area contributed by atoms with Gasteiger partial charge in [-0.1, -0.05) is 0 Å². The average molecular weight is 441 g/mol. The third-order valence-corrected chi connectivity index (χ3v) is 5.77. The molecule has 2 N–H and O–H groups in total. The number of nitrogens with zero attached hydrogens (tertiary/aromatic N) is 4. The molecular formula is C22H44N6O3. The number of aliphatic imine (C=N–C) groups is 1. The Balaban J connectivity index is 1.60. The SMILES string of the molecule is CN=C(NCC1CN(C)CCN1C)N1CCC(OCCCNC(=O)OC(C)(C)C)CC1. The summed E-state index contributed by atoms with van der Waals surface area (Å²) in [6.45, 7) is 12.9. The van der Waals surface area contributed by atoms with Crippen LogP contribution in [0.5, 0.6) is 0 Å². The Morgan fingerprint density at radius 2 is 1.81 bits per heavy atom. The lowest BCUT2D eigenvalue weighted by Crippen LogP contribution is -2.56. The van der Waals surface area contributed by atoms with Gasteiger partial charge in [-0.05, 0) is 54.1 Å². The molecule has 2 saturated heterocycles. The summed E-state index contributed by atoms with van der Waals surface area (Å²) >= 11 is 0.